The second kappa shape index (κ2) is 6.75. The molecule has 0 saturated carbocycles. The molecule has 4 heterocycles. The summed E-state index contributed by atoms with van der Waals surface area (Å²) in [7, 11) is 0. The molecule has 2 aromatic rings. The van der Waals surface area contributed by atoms with Crippen molar-refractivity contribution in [1.29, 1.82) is 0 Å². The van der Waals surface area contributed by atoms with Gasteiger partial charge in [0, 0.05) is 28.3 Å². The molecule has 0 N–H and O–H groups in total. The highest BCUT2D eigenvalue weighted by molar-refractivity contribution is 9.10. The minimum Gasteiger partial charge on any atom is -0.310 e. The van der Waals surface area contributed by atoms with E-state index in [1.54, 1.807) is 4.90 Å². The van der Waals surface area contributed by atoms with Crippen LogP contribution in [0.15, 0.2) is 46.9 Å². The van der Waals surface area contributed by atoms with Crippen LogP contribution in [0.5, 0.6) is 0 Å². The highest BCUT2D eigenvalue weighted by atomic mass is 79.9. The number of halogens is 1. The van der Waals surface area contributed by atoms with E-state index in [1.807, 2.05) is 56.3 Å². The first-order valence-electron chi connectivity index (χ1n) is 11.2. The summed E-state index contributed by atoms with van der Waals surface area (Å²) in [6, 6.07) is 13.3. The van der Waals surface area contributed by atoms with Crippen LogP contribution in [0.2, 0.25) is 0 Å². The van der Waals surface area contributed by atoms with Crippen LogP contribution in [0, 0.1) is 18.8 Å². The van der Waals surface area contributed by atoms with Gasteiger partial charge in [-0.1, -0.05) is 24.3 Å². The summed E-state index contributed by atoms with van der Waals surface area (Å²) in [5, 5.41) is 0. The normalized spacial score (nSPS) is 31.1. The van der Waals surface area contributed by atoms with E-state index in [4.69, 9.17) is 0 Å². The first-order valence-corrected chi connectivity index (χ1v) is 12.0. The number of hydrogen-bond donors (Lipinski definition) is 0. The van der Waals surface area contributed by atoms with Gasteiger partial charge in [0.2, 0.25) is 11.8 Å². The van der Waals surface area contributed by atoms with Crippen LogP contribution in [-0.2, 0) is 19.9 Å². The number of benzene rings is 2. The van der Waals surface area contributed by atoms with Crippen molar-refractivity contribution < 1.29 is 14.4 Å². The molecule has 3 fully saturated rings. The number of aryl methyl sites for hydroxylation is 1. The first-order chi connectivity index (χ1) is 15.4. The van der Waals surface area contributed by atoms with E-state index in [2.05, 4.69) is 20.8 Å². The number of rotatable bonds is 2. The third-order valence-electron chi connectivity index (χ3n) is 7.80. The number of fused-ring (bicyclic) bond motifs is 7. The molecule has 1 spiro atoms. The van der Waals surface area contributed by atoms with Crippen LogP contribution in [0.4, 0.5) is 11.4 Å². The van der Waals surface area contributed by atoms with Gasteiger partial charge < -0.3 is 4.90 Å². The average Bonchev–Trinajstić information content (AvgIpc) is 3.47. The molecule has 4 atom stereocenters. The zero-order valence-electron chi connectivity index (χ0n) is 18.0. The maximum absolute atomic E-state index is 14.1. The Kier molecular flexibility index (Phi) is 4.24. The van der Waals surface area contributed by atoms with Crippen LogP contribution in [0.25, 0.3) is 0 Å². The Morgan fingerprint density at radius 1 is 1.06 bits per heavy atom. The lowest BCUT2D eigenvalue weighted by Gasteiger charge is -2.37. The number of likely N-dealkylation sites (N-methyl/N-ethyl adjacent to an activating group) is 1. The van der Waals surface area contributed by atoms with Gasteiger partial charge >= 0.3 is 0 Å². The summed E-state index contributed by atoms with van der Waals surface area (Å²) in [5.74, 6) is -1.73. The maximum atomic E-state index is 14.1. The number of imide groups is 1. The van der Waals surface area contributed by atoms with Gasteiger partial charge in [-0.3, -0.25) is 19.3 Å². The molecule has 164 valence electrons. The van der Waals surface area contributed by atoms with Crippen molar-refractivity contribution in [3.05, 3.63) is 58.1 Å². The summed E-state index contributed by atoms with van der Waals surface area (Å²) in [4.78, 5) is 47.3. The standard InChI is InChI=1S/C25H24BrN3O3/c1-3-27-17-8-5-4-7-15(17)25(24(27)32)21-20(19-9-6-12-28(19)25)22(30)29(23(21)31)18-11-10-14(2)13-16(18)26/h4-5,7-8,10-11,13,19-21H,3,6,9,12H2,1-2H3/t19-,20-,21-,25-/m0/s1. The molecule has 0 bridgehead atoms. The minimum atomic E-state index is -1.10. The number of para-hydroxylation sites is 1. The molecule has 6 rings (SSSR count). The minimum absolute atomic E-state index is 0.0634. The second-order valence-corrected chi connectivity index (χ2v) is 10.1. The highest BCUT2D eigenvalue weighted by Gasteiger charge is 2.75. The molecule has 4 aliphatic rings. The Balaban J connectivity index is 1.57. The van der Waals surface area contributed by atoms with Crippen LogP contribution >= 0.6 is 15.9 Å². The van der Waals surface area contributed by atoms with Gasteiger partial charge in [0.05, 0.1) is 17.5 Å². The van der Waals surface area contributed by atoms with E-state index in [0.29, 0.717) is 16.7 Å². The van der Waals surface area contributed by atoms with Crippen molar-refractivity contribution in [1.82, 2.24) is 4.90 Å². The number of hydrogen-bond acceptors (Lipinski definition) is 4. The number of amides is 3. The van der Waals surface area contributed by atoms with Gasteiger partial charge in [-0.05, 0) is 72.9 Å². The smallest absolute Gasteiger partial charge is 0.253 e. The van der Waals surface area contributed by atoms with Gasteiger partial charge in [0.25, 0.3) is 5.91 Å². The summed E-state index contributed by atoms with van der Waals surface area (Å²) in [6.07, 6.45) is 1.75. The topological polar surface area (TPSA) is 60.9 Å². The average molecular weight is 494 g/mol. The molecule has 6 nitrogen and oxygen atoms in total. The van der Waals surface area contributed by atoms with Crippen molar-refractivity contribution in [3.63, 3.8) is 0 Å². The van der Waals surface area contributed by atoms with E-state index >= 15 is 0 Å². The van der Waals surface area contributed by atoms with Gasteiger partial charge in [0.1, 0.15) is 5.54 Å². The van der Waals surface area contributed by atoms with Gasteiger partial charge in [-0.25, -0.2) is 4.90 Å². The van der Waals surface area contributed by atoms with Crippen LogP contribution in [0.3, 0.4) is 0 Å². The molecule has 4 aliphatic heterocycles. The fraction of sp³-hybridized carbons (Fsp3) is 0.400. The lowest BCUT2D eigenvalue weighted by molar-refractivity contribution is -0.137. The van der Waals surface area contributed by atoms with E-state index in [0.717, 1.165) is 36.2 Å². The predicted octanol–water partition coefficient (Wildman–Crippen LogP) is 3.60. The first kappa shape index (κ1) is 20.1. The maximum Gasteiger partial charge on any atom is 0.253 e. The Morgan fingerprint density at radius 2 is 1.84 bits per heavy atom. The zero-order chi connectivity index (χ0) is 22.4. The van der Waals surface area contributed by atoms with Crippen LogP contribution < -0.4 is 9.80 Å². The van der Waals surface area contributed by atoms with Crippen molar-refractivity contribution in [2.45, 2.75) is 38.3 Å². The molecule has 7 heteroatoms. The van der Waals surface area contributed by atoms with Crippen molar-refractivity contribution in [2.24, 2.45) is 11.8 Å². The quantitative estimate of drug-likeness (QED) is 0.599. The Hall–Kier alpha value is -2.51. The van der Waals surface area contributed by atoms with Crippen molar-refractivity contribution in [3.8, 4) is 0 Å². The third-order valence-corrected chi connectivity index (χ3v) is 8.44. The summed E-state index contributed by atoms with van der Waals surface area (Å²) < 4.78 is 0.713. The van der Waals surface area contributed by atoms with Gasteiger partial charge in [-0.2, -0.15) is 0 Å². The number of nitrogens with zero attached hydrogens (tertiary/aromatic N) is 3. The molecule has 0 unspecified atom stereocenters. The molecule has 0 aromatic heterocycles. The molecule has 3 saturated heterocycles. The number of carbonyl (C=O) groups excluding carboxylic acids is 3. The Morgan fingerprint density at radius 3 is 2.59 bits per heavy atom. The highest BCUT2D eigenvalue weighted by Crippen LogP contribution is 2.62. The molecular weight excluding hydrogens is 470 g/mol. The summed E-state index contributed by atoms with van der Waals surface area (Å²) in [6.45, 7) is 5.18. The van der Waals surface area contributed by atoms with Crippen LogP contribution in [-0.4, -0.2) is 41.8 Å². The Bertz CT molecular complexity index is 1200. The molecule has 3 amide bonds. The fourth-order valence-corrected chi connectivity index (χ4v) is 7.36. The molecule has 32 heavy (non-hydrogen) atoms. The van der Waals surface area contributed by atoms with E-state index in [9.17, 15) is 14.4 Å². The van der Waals surface area contributed by atoms with Gasteiger partial charge in [-0.15, -0.1) is 0 Å². The van der Waals surface area contributed by atoms with Gasteiger partial charge in [0.15, 0.2) is 0 Å². The zero-order valence-corrected chi connectivity index (χ0v) is 19.6. The summed E-state index contributed by atoms with van der Waals surface area (Å²) >= 11 is 3.55. The molecule has 0 aliphatic carbocycles. The monoisotopic (exact) mass is 493 g/mol. The largest absolute Gasteiger partial charge is 0.310 e. The lowest BCUT2D eigenvalue weighted by atomic mass is 9.75. The van der Waals surface area contributed by atoms with E-state index < -0.39 is 17.4 Å². The third kappa shape index (κ3) is 2.21. The van der Waals surface area contributed by atoms with Crippen molar-refractivity contribution in [2.75, 3.05) is 22.9 Å². The second-order valence-electron chi connectivity index (χ2n) is 9.21. The molecule has 2 aromatic carbocycles. The summed E-state index contributed by atoms with van der Waals surface area (Å²) in [5.41, 5.74) is 2.23. The number of carbonyl (C=O) groups is 3. The molecule has 0 radical (unpaired) electrons. The SMILES string of the molecule is CCN1C(=O)[C@]2(c3ccccc31)[C@@H]1C(=O)N(c3ccc(C)cc3Br)C(=O)[C@H]1[C@@H]1CCCN12. The fourth-order valence-electron chi connectivity index (χ4n) is 6.69. The van der Waals surface area contributed by atoms with Crippen molar-refractivity contribution >= 4 is 45.0 Å². The predicted molar refractivity (Wildman–Crippen MR) is 124 cm³/mol. The van der Waals surface area contributed by atoms with Crippen LogP contribution in [0.1, 0.15) is 30.9 Å². The molecular formula is C25H24BrN3O3. The van der Waals surface area contributed by atoms with E-state index in [1.165, 1.54) is 4.90 Å². The number of anilines is 2. The lowest BCUT2D eigenvalue weighted by Crippen LogP contribution is -2.56. The Labute approximate surface area is 195 Å². The van der Waals surface area contributed by atoms with E-state index in [-0.39, 0.29) is 23.8 Å².